The van der Waals surface area contributed by atoms with Gasteiger partial charge in [0.25, 0.3) is 0 Å². The molecule has 24 heavy (non-hydrogen) atoms. The Bertz CT molecular complexity index is 520. The zero-order valence-electron chi connectivity index (χ0n) is 13.6. The third-order valence-corrected chi connectivity index (χ3v) is 3.74. The van der Waals surface area contributed by atoms with Crippen LogP contribution in [-0.4, -0.2) is 84.3 Å². The van der Waals surface area contributed by atoms with Gasteiger partial charge < -0.3 is 20.6 Å². The number of alkyl halides is 3. The maximum atomic E-state index is 12.9. The Morgan fingerprint density at radius 3 is 2.46 bits per heavy atom. The average Bonchev–Trinajstić information content (AvgIpc) is 2.54. The van der Waals surface area contributed by atoms with Crippen molar-refractivity contribution in [2.24, 2.45) is 0 Å². The molecular weight excluding hydrogens is 325 g/mol. The molecular formula is C14H23F3N6O. The van der Waals surface area contributed by atoms with Gasteiger partial charge in [0.15, 0.2) is 5.69 Å². The molecule has 0 aliphatic carbocycles. The molecule has 0 unspecified atom stereocenters. The van der Waals surface area contributed by atoms with Crippen molar-refractivity contribution >= 4 is 11.8 Å². The molecule has 1 aliphatic rings. The molecule has 2 heterocycles. The van der Waals surface area contributed by atoms with Gasteiger partial charge in [0.05, 0.1) is 6.61 Å². The molecule has 1 aliphatic heterocycles. The Hall–Kier alpha value is -1.65. The lowest BCUT2D eigenvalue weighted by molar-refractivity contribution is -0.141. The summed E-state index contributed by atoms with van der Waals surface area (Å²) < 4.78 is 38.7. The van der Waals surface area contributed by atoms with Crippen molar-refractivity contribution in [1.82, 2.24) is 19.8 Å². The van der Waals surface area contributed by atoms with E-state index in [-0.39, 0.29) is 24.9 Å². The van der Waals surface area contributed by atoms with Gasteiger partial charge in [-0.3, -0.25) is 4.90 Å². The van der Waals surface area contributed by atoms with Gasteiger partial charge in [-0.15, -0.1) is 0 Å². The van der Waals surface area contributed by atoms with Crippen LogP contribution in [0.5, 0.6) is 0 Å². The highest BCUT2D eigenvalue weighted by Crippen LogP contribution is 2.29. The number of aromatic nitrogens is 2. The van der Waals surface area contributed by atoms with Crippen LogP contribution in [-0.2, 0) is 6.18 Å². The summed E-state index contributed by atoms with van der Waals surface area (Å²) in [6.45, 7) is 4.96. The molecule has 1 aromatic rings. The van der Waals surface area contributed by atoms with Crippen molar-refractivity contribution < 1.29 is 18.3 Å². The highest BCUT2D eigenvalue weighted by Gasteiger charge is 2.33. The standard InChI is InChI=1S/C14H23F3N6O/c1-22-5-7-23(8-6-22)4-2-18-12-10-11(14(15,16)17)20-13(21-12)19-3-9-24/h10,24H,2-9H2,1H3,(H2,18,19,20,21). The summed E-state index contributed by atoms with van der Waals surface area (Å²) in [4.78, 5) is 11.9. The van der Waals surface area contributed by atoms with E-state index in [1.54, 1.807) is 0 Å². The van der Waals surface area contributed by atoms with Crippen molar-refractivity contribution in [3.8, 4) is 0 Å². The van der Waals surface area contributed by atoms with E-state index in [1.165, 1.54) is 0 Å². The molecule has 7 nitrogen and oxygen atoms in total. The monoisotopic (exact) mass is 348 g/mol. The fourth-order valence-corrected chi connectivity index (χ4v) is 2.34. The van der Waals surface area contributed by atoms with Crippen molar-refractivity contribution in [3.05, 3.63) is 11.8 Å². The van der Waals surface area contributed by atoms with Crippen LogP contribution >= 0.6 is 0 Å². The summed E-state index contributed by atoms with van der Waals surface area (Å²) in [6.07, 6.45) is -4.55. The first-order valence-electron chi connectivity index (χ1n) is 7.84. The van der Waals surface area contributed by atoms with Crippen LogP contribution in [0.25, 0.3) is 0 Å². The molecule has 1 fully saturated rings. The summed E-state index contributed by atoms with van der Waals surface area (Å²) in [5, 5.41) is 14.3. The highest BCUT2D eigenvalue weighted by atomic mass is 19.4. The molecule has 136 valence electrons. The third kappa shape index (κ3) is 5.77. The van der Waals surface area contributed by atoms with Crippen LogP contribution in [0.1, 0.15) is 5.69 Å². The molecule has 10 heteroatoms. The first-order valence-corrected chi connectivity index (χ1v) is 7.84. The maximum absolute atomic E-state index is 12.9. The van der Waals surface area contributed by atoms with Gasteiger partial charge in [-0.25, -0.2) is 4.98 Å². The lowest BCUT2D eigenvalue weighted by Crippen LogP contribution is -2.45. The SMILES string of the molecule is CN1CCN(CCNc2cc(C(F)(F)F)nc(NCCO)n2)CC1. The fourth-order valence-electron chi connectivity index (χ4n) is 2.34. The molecule has 1 saturated heterocycles. The van der Waals surface area contributed by atoms with Crippen LogP contribution in [0.3, 0.4) is 0 Å². The second kappa shape index (κ2) is 8.45. The van der Waals surface area contributed by atoms with Crippen molar-refractivity contribution in [2.75, 3.05) is 70.1 Å². The zero-order chi connectivity index (χ0) is 17.6. The van der Waals surface area contributed by atoms with Gasteiger partial charge in [-0.2, -0.15) is 18.2 Å². The Morgan fingerprint density at radius 1 is 1.12 bits per heavy atom. The molecule has 0 spiro atoms. The summed E-state index contributed by atoms with van der Waals surface area (Å²) >= 11 is 0. The number of anilines is 2. The number of nitrogens with one attached hydrogen (secondary N) is 2. The number of aliphatic hydroxyl groups excluding tert-OH is 1. The lowest BCUT2D eigenvalue weighted by Gasteiger charge is -2.32. The fraction of sp³-hybridized carbons (Fsp3) is 0.714. The van der Waals surface area contributed by atoms with E-state index in [0.717, 1.165) is 38.8 Å². The lowest BCUT2D eigenvalue weighted by atomic mass is 10.3. The van der Waals surface area contributed by atoms with E-state index in [9.17, 15) is 13.2 Å². The second-order valence-electron chi connectivity index (χ2n) is 5.68. The largest absolute Gasteiger partial charge is 0.433 e. The minimum atomic E-state index is -4.55. The predicted molar refractivity (Wildman–Crippen MR) is 85.0 cm³/mol. The number of halogens is 3. The van der Waals surface area contributed by atoms with Crippen LogP contribution < -0.4 is 10.6 Å². The molecule has 0 aromatic carbocycles. The minimum absolute atomic E-state index is 0.0854. The summed E-state index contributed by atoms with van der Waals surface area (Å²) in [6, 6.07) is 0.897. The zero-order valence-corrected chi connectivity index (χ0v) is 13.6. The predicted octanol–water partition coefficient (Wildman–Crippen LogP) is 0.559. The third-order valence-electron chi connectivity index (χ3n) is 3.74. The van der Waals surface area contributed by atoms with Gasteiger partial charge in [-0.05, 0) is 7.05 Å². The molecule has 3 N–H and O–H groups in total. The van der Waals surface area contributed by atoms with Crippen molar-refractivity contribution in [3.63, 3.8) is 0 Å². The maximum Gasteiger partial charge on any atom is 0.433 e. The number of hydrogen-bond acceptors (Lipinski definition) is 7. The van der Waals surface area contributed by atoms with Crippen LogP contribution in [0.15, 0.2) is 6.07 Å². The molecule has 0 radical (unpaired) electrons. The van der Waals surface area contributed by atoms with Gasteiger partial charge >= 0.3 is 6.18 Å². The van der Waals surface area contributed by atoms with E-state index < -0.39 is 11.9 Å². The average molecular weight is 348 g/mol. The molecule has 0 amide bonds. The summed E-state index contributed by atoms with van der Waals surface area (Å²) in [5.41, 5.74) is -1.01. The summed E-state index contributed by atoms with van der Waals surface area (Å²) in [5.74, 6) is -0.0344. The van der Waals surface area contributed by atoms with Crippen LogP contribution in [0, 0.1) is 0 Å². The molecule has 2 rings (SSSR count). The van der Waals surface area contributed by atoms with Crippen LogP contribution in [0.2, 0.25) is 0 Å². The molecule has 0 bridgehead atoms. The molecule has 0 saturated carbocycles. The van der Waals surface area contributed by atoms with E-state index in [2.05, 4.69) is 37.4 Å². The Kier molecular flexibility index (Phi) is 6.58. The van der Waals surface area contributed by atoms with Gasteiger partial charge in [-0.1, -0.05) is 0 Å². The number of aliphatic hydroxyl groups is 1. The van der Waals surface area contributed by atoms with E-state index in [0.29, 0.717) is 6.54 Å². The topological polar surface area (TPSA) is 76.5 Å². The summed E-state index contributed by atoms with van der Waals surface area (Å²) in [7, 11) is 2.07. The van der Waals surface area contributed by atoms with E-state index in [4.69, 9.17) is 5.11 Å². The first kappa shape index (κ1) is 18.7. The van der Waals surface area contributed by atoms with Gasteiger partial charge in [0.1, 0.15) is 5.82 Å². The number of rotatable bonds is 7. The van der Waals surface area contributed by atoms with E-state index in [1.807, 2.05) is 0 Å². The number of likely N-dealkylation sites (N-methyl/N-ethyl adjacent to an activating group) is 1. The highest BCUT2D eigenvalue weighted by molar-refractivity contribution is 5.43. The smallest absolute Gasteiger partial charge is 0.395 e. The Labute approximate surface area is 138 Å². The van der Waals surface area contributed by atoms with Gasteiger partial charge in [0.2, 0.25) is 5.95 Å². The van der Waals surface area contributed by atoms with Gasteiger partial charge in [0, 0.05) is 51.9 Å². The van der Waals surface area contributed by atoms with Crippen molar-refractivity contribution in [2.45, 2.75) is 6.18 Å². The quantitative estimate of drug-likeness (QED) is 0.665. The Balaban J connectivity index is 1.95. The van der Waals surface area contributed by atoms with E-state index >= 15 is 0 Å². The number of hydrogen-bond donors (Lipinski definition) is 3. The van der Waals surface area contributed by atoms with Crippen molar-refractivity contribution in [1.29, 1.82) is 0 Å². The normalized spacial score (nSPS) is 17.0. The number of piperazine rings is 1. The first-order chi connectivity index (χ1) is 11.4. The second-order valence-corrected chi connectivity index (χ2v) is 5.68. The minimum Gasteiger partial charge on any atom is -0.395 e. The van der Waals surface area contributed by atoms with Crippen LogP contribution in [0.4, 0.5) is 24.9 Å². The molecule has 1 aromatic heterocycles. The number of nitrogens with zero attached hydrogens (tertiary/aromatic N) is 4. The Morgan fingerprint density at radius 2 is 1.83 bits per heavy atom. The molecule has 0 atom stereocenters.